The number of nitrogens with one attached hydrogen (secondary N) is 3. The lowest BCUT2D eigenvalue weighted by atomic mass is 9.98. The van der Waals surface area contributed by atoms with Crippen molar-refractivity contribution < 1.29 is 43.0 Å². The smallest absolute Gasteiger partial charge is 0.413 e. The summed E-state index contributed by atoms with van der Waals surface area (Å²) in [4.78, 5) is 78.9. The fourth-order valence-corrected chi connectivity index (χ4v) is 6.86. The van der Waals surface area contributed by atoms with Crippen LogP contribution in [-0.4, -0.2) is 89.4 Å². The number of ether oxygens (including phenoxy) is 3. The average molecular weight is 828 g/mol. The van der Waals surface area contributed by atoms with Crippen molar-refractivity contribution >= 4 is 52.2 Å². The first-order chi connectivity index (χ1) is 27.9. The zero-order valence-electron chi connectivity index (χ0n) is 33.4. The molecule has 18 nitrogen and oxygen atoms in total. The topological polar surface area (TPSA) is 218 Å². The molecule has 0 spiro atoms. The van der Waals surface area contributed by atoms with Crippen molar-refractivity contribution in [2.24, 2.45) is 5.16 Å². The van der Waals surface area contributed by atoms with Crippen LogP contribution in [0.2, 0.25) is 0 Å². The van der Waals surface area contributed by atoms with E-state index in [1.807, 2.05) is 60.7 Å². The van der Waals surface area contributed by atoms with Gasteiger partial charge in [0.25, 0.3) is 5.91 Å². The molecule has 4 heterocycles. The van der Waals surface area contributed by atoms with E-state index in [1.165, 1.54) is 15.1 Å². The van der Waals surface area contributed by atoms with E-state index in [2.05, 4.69) is 36.3 Å². The largest absolute Gasteiger partial charge is 0.450 e. The molecule has 1 saturated heterocycles. The molecule has 2 aromatic carbocycles. The summed E-state index contributed by atoms with van der Waals surface area (Å²) in [6, 6.07) is 16.9. The second kappa shape index (κ2) is 16.1. The van der Waals surface area contributed by atoms with Crippen molar-refractivity contribution in [3.8, 4) is 0 Å². The molecular weight excluding hydrogens is 783 g/mol. The molecule has 0 radical (unpaired) electrons. The monoisotopic (exact) mass is 827 g/mol. The Hall–Kier alpha value is -6.37. The first-order valence-electron chi connectivity index (χ1n) is 19.0. The van der Waals surface area contributed by atoms with E-state index >= 15 is 0 Å². The molecule has 7 rings (SSSR count). The fourth-order valence-electron chi connectivity index (χ4n) is 6.18. The molecule has 4 aromatic rings. The number of nitrogens with zero attached hydrogens (tertiary/aromatic N) is 6. The lowest BCUT2D eigenvalue weighted by molar-refractivity contribution is -0.164. The van der Waals surface area contributed by atoms with Crippen molar-refractivity contribution in [3.63, 3.8) is 0 Å². The second-order valence-corrected chi connectivity index (χ2v) is 17.2. The second-order valence-electron chi connectivity index (χ2n) is 16.3. The molecule has 3 N–H and O–H groups in total. The van der Waals surface area contributed by atoms with Gasteiger partial charge in [0.2, 0.25) is 11.5 Å². The van der Waals surface area contributed by atoms with Gasteiger partial charge < -0.3 is 29.7 Å². The molecule has 0 unspecified atom stereocenters. The van der Waals surface area contributed by atoms with E-state index < -0.39 is 65.0 Å². The van der Waals surface area contributed by atoms with Gasteiger partial charge in [-0.15, -0.1) is 11.3 Å². The molecule has 2 atom stereocenters. The Morgan fingerprint density at radius 1 is 0.915 bits per heavy atom. The molecule has 1 saturated carbocycles. The van der Waals surface area contributed by atoms with Crippen LogP contribution < -0.4 is 16.0 Å². The lowest BCUT2D eigenvalue weighted by Gasteiger charge is -2.36. The average Bonchev–Trinajstić information content (AvgIpc) is 3.42. The number of benzene rings is 2. The number of rotatable bonds is 12. The Balaban J connectivity index is 1.07. The summed E-state index contributed by atoms with van der Waals surface area (Å²) in [6.45, 7) is 11.0. The van der Waals surface area contributed by atoms with Gasteiger partial charge in [-0.05, 0) is 52.7 Å². The van der Waals surface area contributed by atoms with Gasteiger partial charge in [0.15, 0.2) is 16.9 Å². The van der Waals surface area contributed by atoms with E-state index in [4.69, 9.17) is 19.0 Å². The molecule has 2 fully saturated rings. The third kappa shape index (κ3) is 9.85. The van der Waals surface area contributed by atoms with Gasteiger partial charge in [0.05, 0.1) is 25.7 Å². The van der Waals surface area contributed by atoms with Crippen LogP contribution in [0.25, 0.3) is 0 Å². The van der Waals surface area contributed by atoms with Crippen LogP contribution in [0.5, 0.6) is 0 Å². The summed E-state index contributed by atoms with van der Waals surface area (Å²) < 4.78 is 16.9. The molecule has 4 amide bonds. The zero-order valence-corrected chi connectivity index (χ0v) is 34.2. The lowest BCUT2D eigenvalue weighted by Crippen LogP contribution is -2.70. The van der Waals surface area contributed by atoms with E-state index in [-0.39, 0.29) is 49.0 Å². The van der Waals surface area contributed by atoms with Gasteiger partial charge >= 0.3 is 18.2 Å². The first kappa shape index (κ1) is 40.8. The summed E-state index contributed by atoms with van der Waals surface area (Å²) in [7, 11) is 0. The quantitative estimate of drug-likeness (QED) is 0.0587. The summed E-state index contributed by atoms with van der Waals surface area (Å²) in [5.74, 6) is -1.96. The number of esters is 1. The number of carbonyl (C=O) groups excluding carboxylic acids is 5. The Labute approximate surface area is 343 Å². The van der Waals surface area contributed by atoms with Gasteiger partial charge in [0, 0.05) is 18.2 Å². The molecule has 59 heavy (non-hydrogen) atoms. The van der Waals surface area contributed by atoms with E-state index in [1.54, 1.807) is 41.5 Å². The predicted octanol–water partition coefficient (Wildman–Crippen LogP) is 4.60. The molecule has 19 heteroatoms. The highest BCUT2D eigenvalue weighted by Crippen LogP contribution is 2.43. The highest BCUT2D eigenvalue weighted by atomic mass is 32.1. The van der Waals surface area contributed by atoms with Gasteiger partial charge in [0.1, 0.15) is 34.3 Å². The molecule has 2 aromatic heterocycles. The Bertz CT molecular complexity index is 2200. The fraction of sp³-hybridized carbons (Fsp3) is 0.425. The summed E-state index contributed by atoms with van der Waals surface area (Å²) in [6.07, 6.45) is -1.42. The number of anilines is 1. The third-order valence-electron chi connectivity index (χ3n) is 9.18. The number of β-lactam (4-membered cyclic amide) rings is 1. The maximum atomic E-state index is 14.0. The number of carbonyl (C=O) groups is 5. The summed E-state index contributed by atoms with van der Waals surface area (Å²) in [5.41, 5.74) is -0.551. The molecule has 310 valence electrons. The minimum atomic E-state index is -1.48. The van der Waals surface area contributed by atoms with Crippen LogP contribution in [0.1, 0.15) is 88.7 Å². The van der Waals surface area contributed by atoms with Gasteiger partial charge in [-0.25, -0.2) is 19.4 Å². The standard InChI is InChI=1S/C40H45N9O9S/c1-38(2,3)56-36(53)44-35-42-28(22-59-35)30(47-58-40(17-18-40)34(52)55-31(23-13-9-7-10-14-23)24-15-11-8-12-16-24)33(51)43-29-27(41-32(29)50)21-49-45-25-19-48(20-26(25)46-49)37(54)57-39(4,5)6/h7-16,22,27,29,31H,17-21H2,1-6H3,(H,41,50)(H,43,51)(H,42,44,53)/b47-30-/t27-,29+/m1/s1. The normalized spacial score (nSPS) is 18.3. The van der Waals surface area contributed by atoms with E-state index in [0.29, 0.717) is 11.4 Å². The number of hydrogen-bond donors (Lipinski definition) is 3. The Morgan fingerprint density at radius 2 is 1.51 bits per heavy atom. The van der Waals surface area contributed by atoms with Crippen molar-refractivity contribution in [2.75, 3.05) is 5.32 Å². The van der Waals surface area contributed by atoms with Gasteiger partial charge in [-0.2, -0.15) is 15.0 Å². The number of hydrogen-bond acceptors (Lipinski definition) is 14. The minimum absolute atomic E-state index is 0.00478. The molecule has 2 aliphatic heterocycles. The van der Waals surface area contributed by atoms with Crippen molar-refractivity contribution in [1.29, 1.82) is 0 Å². The van der Waals surface area contributed by atoms with Crippen molar-refractivity contribution in [3.05, 3.63) is 94.3 Å². The number of thiazole rings is 1. The molecule has 3 aliphatic rings. The van der Waals surface area contributed by atoms with Crippen LogP contribution in [0.3, 0.4) is 0 Å². The zero-order chi connectivity index (χ0) is 42.1. The Kier molecular flexibility index (Phi) is 11.1. The molecule has 0 bridgehead atoms. The first-order valence-corrected chi connectivity index (χ1v) is 19.9. The minimum Gasteiger partial charge on any atom is -0.450 e. The summed E-state index contributed by atoms with van der Waals surface area (Å²) in [5, 5.41) is 22.8. The predicted molar refractivity (Wildman–Crippen MR) is 212 cm³/mol. The van der Waals surface area contributed by atoms with E-state index in [0.717, 1.165) is 22.5 Å². The van der Waals surface area contributed by atoms with Crippen LogP contribution in [-0.2, 0) is 53.1 Å². The number of amides is 4. The van der Waals surface area contributed by atoms with E-state index in [9.17, 15) is 24.0 Å². The van der Waals surface area contributed by atoms with Crippen LogP contribution in [0.15, 0.2) is 71.2 Å². The van der Waals surface area contributed by atoms with Crippen LogP contribution >= 0.6 is 11.3 Å². The van der Waals surface area contributed by atoms with Crippen molar-refractivity contribution in [1.82, 2.24) is 35.5 Å². The summed E-state index contributed by atoms with van der Waals surface area (Å²) >= 11 is 1.00. The van der Waals surface area contributed by atoms with Crippen LogP contribution in [0, 0.1) is 0 Å². The van der Waals surface area contributed by atoms with Gasteiger partial charge in [-0.1, -0.05) is 65.8 Å². The third-order valence-corrected chi connectivity index (χ3v) is 9.94. The molecular formula is C40H45N9O9S. The highest BCUT2D eigenvalue weighted by Gasteiger charge is 2.56. The van der Waals surface area contributed by atoms with Gasteiger partial charge in [-0.3, -0.25) is 19.8 Å². The number of oxime groups is 1. The maximum absolute atomic E-state index is 14.0. The highest BCUT2D eigenvalue weighted by molar-refractivity contribution is 7.14. The van der Waals surface area contributed by atoms with Crippen LogP contribution in [0.4, 0.5) is 14.7 Å². The number of aromatic nitrogens is 4. The van der Waals surface area contributed by atoms with Crippen molar-refractivity contribution in [2.45, 2.75) is 109 Å². The maximum Gasteiger partial charge on any atom is 0.413 e. The Morgan fingerprint density at radius 3 is 2.05 bits per heavy atom. The molecule has 1 aliphatic carbocycles. The SMILES string of the molecule is CC(C)(C)OC(=O)Nc1nc(/C(=N/OC2(C(=O)OC(c3ccccc3)c3ccccc3)CC2)C(=O)N[C@@H]2C(=O)N[C@@H]2Cn2nc3c(n2)CN(C(=O)OC(C)(C)C)C3)cs1. The number of fused-ring (bicyclic) bond motifs is 1.